The highest BCUT2D eigenvalue weighted by molar-refractivity contribution is 6.89. The lowest BCUT2D eigenvalue weighted by Crippen LogP contribution is -2.49. The first-order valence-electron chi connectivity index (χ1n) is 7.70. The fraction of sp³-hybridized carbons (Fsp3) is 0.556. The monoisotopic (exact) mass is 290 g/mol. The van der Waals surface area contributed by atoms with Gasteiger partial charge in [0.1, 0.15) is 0 Å². The molecular formula is C18H30OSi. The lowest BCUT2D eigenvalue weighted by molar-refractivity contribution is 0.284. The summed E-state index contributed by atoms with van der Waals surface area (Å²) in [7, 11) is -1.77. The zero-order chi connectivity index (χ0) is 15.3. The lowest BCUT2D eigenvalue weighted by atomic mass is 10.1. The van der Waals surface area contributed by atoms with E-state index in [2.05, 4.69) is 71.5 Å². The van der Waals surface area contributed by atoms with E-state index in [0.717, 1.165) is 6.42 Å². The molecule has 0 aliphatic carbocycles. The van der Waals surface area contributed by atoms with Crippen molar-refractivity contribution in [2.45, 2.75) is 57.7 Å². The van der Waals surface area contributed by atoms with Crippen LogP contribution in [0.3, 0.4) is 0 Å². The van der Waals surface area contributed by atoms with Gasteiger partial charge in [0, 0.05) is 6.61 Å². The Labute approximate surface area is 125 Å². The minimum Gasteiger partial charge on any atom is -0.396 e. The summed E-state index contributed by atoms with van der Waals surface area (Å²) in [4.78, 5) is 0. The van der Waals surface area contributed by atoms with E-state index in [1.54, 1.807) is 0 Å². The summed E-state index contributed by atoms with van der Waals surface area (Å²) in [5, 5.41) is 11.0. The van der Waals surface area contributed by atoms with Crippen LogP contribution in [0.2, 0.25) is 11.1 Å². The van der Waals surface area contributed by atoms with Crippen molar-refractivity contribution < 1.29 is 5.11 Å². The normalized spacial score (nSPS) is 13.8. The Morgan fingerprint density at radius 3 is 1.95 bits per heavy atom. The van der Waals surface area contributed by atoms with E-state index in [-0.39, 0.29) is 6.61 Å². The molecule has 0 bridgehead atoms. The molecule has 0 aromatic heterocycles. The first-order valence-corrected chi connectivity index (χ1v) is 9.93. The number of rotatable bonds is 7. The smallest absolute Gasteiger partial charge is 0.0928 e. The van der Waals surface area contributed by atoms with Gasteiger partial charge in [-0.25, -0.2) is 0 Å². The molecule has 0 fully saturated rings. The van der Waals surface area contributed by atoms with E-state index in [9.17, 15) is 5.11 Å². The van der Waals surface area contributed by atoms with Gasteiger partial charge in [-0.3, -0.25) is 0 Å². The van der Waals surface area contributed by atoms with Gasteiger partial charge in [-0.05, 0) is 35.5 Å². The summed E-state index contributed by atoms with van der Waals surface area (Å²) in [6, 6.07) is 10.7. The van der Waals surface area contributed by atoms with Gasteiger partial charge < -0.3 is 5.11 Å². The van der Waals surface area contributed by atoms with Gasteiger partial charge in [0.2, 0.25) is 0 Å². The molecule has 0 saturated heterocycles. The molecule has 0 spiro atoms. The van der Waals surface area contributed by atoms with Crippen LogP contribution >= 0.6 is 0 Å². The maximum Gasteiger partial charge on any atom is 0.0928 e. The summed E-state index contributed by atoms with van der Waals surface area (Å²) >= 11 is 0. The van der Waals surface area contributed by atoms with E-state index in [0.29, 0.717) is 16.6 Å². The quantitative estimate of drug-likeness (QED) is 0.695. The molecule has 1 rings (SSSR count). The maximum atomic E-state index is 9.60. The molecule has 1 aromatic carbocycles. The van der Waals surface area contributed by atoms with Gasteiger partial charge in [0.15, 0.2) is 0 Å². The van der Waals surface area contributed by atoms with Crippen LogP contribution in [0.15, 0.2) is 42.1 Å². The van der Waals surface area contributed by atoms with Gasteiger partial charge in [0.25, 0.3) is 0 Å². The lowest BCUT2D eigenvalue weighted by Gasteiger charge is -2.46. The van der Waals surface area contributed by atoms with E-state index in [1.807, 2.05) is 0 Å². The molecule has 0 radical (unpaired) electrons. The number of hydrogen-bond donors (Lipinski definition) is 1. The molecule has 112 valence electrons. The SMILES string of the molecule is C=C(C)[Si](C(C)C)(C(C)C)C(CCO)c1ccccc1. The van der Waals surface area contributed by atoms with Gasteiger partial charge in [-0.2, -0.15) is 0 Å². The third-order valence-electron chi connectivity index (χ3n) is 4.85. The number of aliphatic hydroxyl groups is 1. The number of allylic oxidation sites excluding steroid dienone is 1. The fourth-order valence-electron chi connectivity index (χ4n) is 4.25. The molecule has 1 N–H and O–H groups in total. The van der Waals surface area contributed by atoms with E-state index in [4.69, 9.17) is 0 Å². The molecule has 1 unspecified atom stereocenters. The second-order valence-electron chi connectivity index (χ2n) is 6.50. The van der Waals surface area contributed by atoms with E-state index in [1.165, 1.54) is 10.8 Å². The van der Waals surface area contributed by atoms with Crippen molar-refractivity contribution in [3.05, 3.63) is 47.7 Å². The minimum absolute atomic E-state index is 0.251. The molecular weight excluding hydrogens is 260 g/mol. The van der Waals surface area contributed by atoms with Crippen LogP contribution < -0.4 is 0 Å². The molecule has 20 heavy (non-hydrogen) atoms. The molecule has 1 nitrogen and oxygen atoms in total. The van der Waals surface area contributed by atoms with Gasteiger partial charge >= 0.3 is 0 Å². The van der Waals surface area contributed by atoms with Crippen molar-refractivity contribution in [2.24, 2.45) is 0 Å². The molecule has 0 aliphatic rings. The van der Waals surface area contributed by atoms with Crippen molar-refractivity contribution in [1.82, 2.24) is 0 Å². The summed E-state index contributed by atoms with van der Waals surface area (Å²) in [6.07, 6.45) is 0.847. The van der Waals surface area contributed by atoms with Crippen LogP contribution in [0.4, 0.5) is 0 Å². The largest absolute Gasteiger partial charge is 0.396 e. The molecule has 2 heteroatoms. The molecule has 1 atom stereocenters. The number of hydrogen-bond acceptors (Lipinski definition) is 1. The number of aliphatic hydroxyl groups excluding tert-OH is 1. The Morgan fingerprint density at radius 2 is 1.60 bits per heavy atom. The van der Waals surface area contributed by atoms with Crippen molar-refractivity contribution in [2.75, 3.05) is 6.61 Å². The average molecular weight is 291 g/mol. The Bertz CT molecular complexity index is 414. The van der Waals surface area contributed by atoms with Crippen molar-refractivity contribution in [3.63, 3.8) is 0 Å². The van der Waals surface area contributed by atoms with Crippen molar-refractivity contribution >= 4 is 8.07 Å². The third-order valence-corrected chi connectivity index (χ3v) is 11.9. The third kappa shape index (κ3) is 3.07. The van der Waals surface area contributed by atoms with Crippen LogP contribution in [0, 0.1) is 0 Å². The second-order valence-corrected chi connectivity index (χ2v) is 12.2. The highest BCUT2D eigenvalue weighted by atomic mass is 28.3. The van der Waals surface area contributed by atoms with E-state index >= 15 is 0 Å². The van der Waals surface area contributed by atoms with Crippen LogP contribution in [0.25, 0.3) is 0 Å². The average Bonchev–Trinajstić information content (AvgIpc) is 2.38. The molecule has 0 aliphatic heterocycles. The van der Waals surface area contributed by atoms with Crippen molar-refractivity contribution in [3.8, 4) is 0 Å². The van der Waals surface area contributed by atoms with Crippen LogP contribution in [0.1, 0.15) is 52.1 Å². The summed E-state index contributed by atoms with van der Waals surface area (Å²) in [5.41, 5.74) is 3.07. The van der Waals surface area contributed by atoms with Crippen LogP contribution in [-0.2, 0) is 0 Å². The maximum absolute atomic E-state index is 9.60. The Hall–Kier alpha value is -0.863. The predicted molar refractivity (Wildman–Crippen MR) is 91.6 cm³/mol. The molecule has 0 heterocycles. The highest BCUT2D eigenvalue weighted by Gasteiger charge is 2.47. The van der Waals surface area contributed by atoms with Crippen LogP contribution in [-0.4, -0.2) is 19.8 Å². The highest BCUT2D eigenvalue weighted by Crippen LogP contribution is 2.48. The van der Waals surface area contributed by atoms with Gasteiger partial charge in [-0.15, -0.1) is 6.58 Å². The first kappa shape index (κ1) is 17.2. The zero-order valence-corrected chi connectivity index (χ0v) is 14.7. The van der Waals surface area contributed by atoms with Crippen molar-refractivity contribution in [1.29, 1.82) is 0 Å². The Balaban J connectivity index is 3.43. The molecule has 0 amide bonds. The summed E-state index contributed by atoms with van der Waals surface area (Å²) in [6.45, 7) is 16.2. The van der Waals surface area contributed by atoms with Gasteiger partial charge in [0.05, 0.1) is 8.07 Å². The Morgan fingerprint density at radius 1 is 1.10 bits per heavy atom. The first-order chi connectivity index (χ1) is 9.38. The topological polar surface area (TPSA) is 20.2 Å². The predicted octanol–water partition coefficient (Wildman–Crippen LogP) is 5.08. The van der Waals surface area contributed by atoms with Gasteiger partial charge in [-0.1, -0.05) is 63.2 Å². The fourth-order valence-corrected chi connectivity index (χ4v) is 11.1. The second kappa shape index (κ2) is 7.23. The summed E-state index contributed by atoms with van der Waals surface area (Å²) < 4.78 is 0. The number of benzene rings is 1. The Kier molecular flexibility index (Phi) is 6.22. The standard InChI is InChI=1S/C18H30OSi/c1-14(2)20(15(3)4,16(5)6)18(12-13-19)17-10-8-7-9-11-17/h7-11,15-16,18-19H,1,12-13H2,2-6H3. The zero-order valence-electron chi connectivity index (χ0n) is 13.7. The molecule has 1 aromatic rings. The molecule has 0 saturated carbocycles. The van der Waals surface area contributed by atoms with Crippen LogP contribution in [0.5, 0.6) is 0 Å². The minimum atomic E-state index is -1.77. The van der Waals surface area contributed by atoms with E-state index < -0.39 is 8.07 Å². The summed E-state index contributed by atoms with van der Waals surface area (Å²) in [5.74, 6) is 0.